The molecule has 0 bridgehead atoms. The topological polar surface area (TPSA) is 141 Å². The third-order valence-corrected chi connectivity index (χ3v) is 4.56. The number of hydrogen-bond acceptors (Lipinski definition) is 11. The first-order valence-corrected chi connectivity index (χ1v) is 8.67. The minimum absolute atomic E-state index is 0.0579. The van der Waals surface area contributed by atoms with Crippen LogP contribution >= 0.6 is 0 Å². The highest BCUT2D eigenvalue weighted by Gasteiger charge is 2.27. The largest absolute Gasteiger partial charge is 0.464 e. The van der Waals surface area contributed by atoms with Crippen LogP contribution in [0.4, 0.5) is 11.6 Å². The number of carbonyl (C=O) groups excluding carboxylic acids is 1. The van der Waals surface area contributed by atoms with Crippen LogP contribution in [0.3, 0.4) is 0 Å². The molecule has 0 radical (unpaired) electrons. The number of methoxy groups -OCH3 is 1. The Morgan fingerprint density at radius 3 is 2.71 bits per heavy atom. The van der Waals surface area contributed by atoms with Gasteiger partial charge in [0, 0.05) is 38.9 Å². The second-order valence-corrected chi connectivity index (χ2v) is 6.21. The van der Waals surface area contributed by atoms with Gasteiger partial charge in [0.05, 0.1) is 12.8 Å². The summed E-state index contributed by atoms with van der Waals surface area (Å²) in [7, 11) is 1.29. The number of aromatic nitrogens is 6. The number of piperazine rings is 1. The summed E-state index contributed by atoms with van der Waals surface area (Å²) in [5, 5.41) is 15.2. The number of carbonyl (C=O) groups is 1. The maximum Gasteiger partial charge on any atom is 0.360 e. The van der Waals surface area contributed by atoms with Crippen molar-refractivity contribution in [2.45, 2.75) is 6.54 Å². The molecule has 12 heteroatoms. The van der Waals surface area contributed by atoms with Gasteiger partial charge in [-0.3, -0.25) is 4.90 Å². The molecule has 1 saturated heterocycles. The number of pyridine rings is 1. The first-order valence-electron chi connectivity index (χ1n) is 8.67. The van der Waals surface area contributed by atoms with E-state index in [2.05, 4.69) is 40.0 Å². The molecule has 1 aliphatic rings. The Kier molecular flexibility index (Phi) is 4.85. The lowest BCUT2D eigenvalue weighted by Crippen LogP contribution is -2.46. The molecule has 3 aromatic heterocycles. The van der Waals surface area contributed by atoms with Gasteiger partial charge < -0.3 is 15.4 Å². The van der Waals surface area contributed by atoms with Gasteiger partial charge in [-0.1, -0.05) is 11.3 Å². The van der Waals surface area contributed by atoms with E-state index in [9.17, 15) is 4.79 Å². The van der Waals surface area contributed by atoms with Crippen molar-refractivity contribution in [1.82, 2.24) is 35.2 Å². The number of anilines is 2. The van der Waals surface area contributed by atoms with Crippen molar-refractivity contribution < 1.29 is 14.2 Å². The molecule has 4 heterocycles. The van der Waals surface area contributed by atoms with Gasteiger partial charge in [-0.25, -0.2) is 14.4 Å². The first-order chi connectivity index (χ1) is 13.7. The zero-order chi connectivity index (χ0) is 19.5. The number of hydrogen-bond donors (Lipinski definition) is 1. The number of nitrogens with zero attached hydrogens (tertiary/aromatic N) is 8. The molecule has 1 fully saturated rings. The average Bonchev–Trinajstić information content (AvgIpc) is 3.34. The Morgan fingerprint density at radius 1 is 1.25 bits per heavy atom. The molecule has 12 nitrogen and oxygen atoms in total. The highest BCUT2D eigenvalue weighted by molar-refractivity contribution is 5.88. The molecule has 0 aliphatic carbocycles. The zero-order valence-electron chi connectivity index (χ0n) is 15.2. The van der Waals surface area contributed by atoms with Crippen molar-refractivity contribution in [3.8, 4) is 5.82 Å². The van der Waals surface area contributed by atoms with E-state index in [1.165, 1.54) is 11.8 Å². The minimum atomic E-state index is -0.580. The minimum Gasteiger partial charge on any atom is -0.464 e. The number of nitrogen functional groups attached to an aromatic ring is 1. The standard InChI is InChI=1S/C16H19N9O3/c1-27-16(26)13-11(25(22-19-13)15-14(17)20-28-21-15)10-23-6-8-24(9-7-23)12-4-2-3-5-18-12/h2-5H,6-10H2,1H3,(H2,17,20). The summed E-state index contributed by atoms with van der Waals surface area (Å²) in [5.74, 6) is 0.612. The monoisotopic (exact) mass is 385 g/mol. The fourth-order valence-electron chi connectivity index (χ4n) is 3.09. The molecule has 0 atom stereocenters. The Bertz CT molecular complexity index is 947. The zero-order valence-corrected chi connectivity index (χ0v) is 15.2. The van der Waals surface area contributed by atoms with E-state index in [0.717, 1.165) is 32.0 Å². The predicted molar refractivity (Wildman–Crippen MR) is 96.7 cm³/mol. The molecule has 2 N–H and O–H groups in total. The number of rotatable bonds is 5. The normalized spacial score (nSPS) is 15.0. The Morgan fingerprint density at radius 2 is 2.07 bits per heavy atom. The van der Waals surface area contributed by atoms with Crippen molar-refractivity contribution in [3.05, 3.63) is 35.8 Å². The molecule has 28 heavy (non-hydrogen) atoms. The summed E-state index contributed by atoms with van der Waals surface area (Å²) in [6, 6.07) is 5.86. The van der Waals surface area contributed by atoms with Crippen LogP contribution in [0.2, 0.25) is 0 Å². The fourth-order valence-corrected chi connectivity index (χ4v) is 3.09. The number of ether oxygens (including phenoxy) is 1. The third kappa shape index (κ3) is 3.36. The van der Waals surface area contributed by atoms with Gasteiger partial charge in [0.25, 0.3) is 0 Å². The average molecular weight is 385 g/mol. The molecule has 4 rings (SSSR count). The van der Waals surface area contributed by atoms with Gasteiger partial charge in [-0.05, 0) is 22.4 Å². The van der Waals surface area contributed by atoms with Crippen molar-refractivity contribution in [1.29, 1.82) is 0 Å². The van der Waals surface area contributed by atoms with Crippen LogP contribution in [-0.4, -0.2) is 74.4 Å². The maximum absolute atomic E-state index is 12.1. The van der Waals surface area contributed by atoms with Gasteiger partial charge in [-0.15, -0.1) is 5.10 Å². The van der Waals surface area contributed by atoms with Crippen LogP contribution in [0.1, 0.15) is 16.2 Å². The van der Waals surface area contributed by atoms with Crippen LogP contribution in [-0.2, 0) is 11.3 Å². The van der Waals surface area contributed by atoms with Crippen LogP contribution in [0.25, 0.3) is 5.82 Å². The summed E-state index contributed by atoms with van der Waals surface area (Å²) >= 11 is 0. The number of esters is 1. The van der Waals surface area contributed by atoms with E-state index < -0.39 is 5.97 Å². The van der Waals surface area contributed by atoms with E-state index in [1.54, 1.807) is 6.20 Å². The third-order valence-electron chi connectivity index (χ3n) is 4.56. The predicted octanol–water partition coefficient (Wildman–Crippen LogP) is -0.264. The Labute approximate surface area is 159 Å². The van der Waals surface area contributed by atoms with E-state index in [1.807, 2.05) is 18.2 Å². The van der Waals surface area contributed by atoms with Crippen molar-refractivity contribution in [3.63, 3.8) is 0 Å². The summed E-state index contributed by atoms with van der Waals surface area (Å²) < 4.78 is 10.8. The molecule has 146 valence electrons. The van der Waals surface area contributed by atoms with Crippen LogP contribution in [0.15, 0.2) is 29.0 Å². The fraction of sp³-hybridized carbons (Fsp3) is 0.375. The highest BCUT2D eigenvalue weighted by atomic mass is 16.6. The van der Waals surface area contributed by atoms with Gasteiger partial charge in [0.15, 0.2) is 5.69 Å². The van der Waals surface area contributed by atoms with Crippen molar-refractivity contribution in [2.24, 2.45) is 0 Å². The summed E-state index contributed by atoms with van der Waals surface area (Å²) in [6.07, 6.45) is 1.78. The molecule has 0 saturated carbocycles. The second-order valence-electron chi connectivity index (χ2n) is 6.21. The molecule has 0 aromatic carbocycles. The van der Waals surface area contributed by atoms with Crippen LogP contribution < -0.4 is 10.6 Å². The Balaban J connectivity index is 1.54. The van der Waals surface area contributed by atoms with Crippen molar-refractivity contribution >= 4 is 17.6 Å². The lowest BCUT2D eigenvalue weighted by Gasteiger charge is -2.35. The van der Waals surface area contributed by atoms with E-state index in [4.69, 9.17) is 10.5 Å². The molecule has 0 spiro atoms. The van der Waals surface area contributed by atoms with Gasteiger partial charge in [0.1, 0.15) is 5.82 Å². The van der Waals surface area contributed by atoms with Gasteiger partial charge in [0.2, 0.25) is 11.6 Å². The summed E-state index contributed by atoms with van der Waals surface area (Å²) in [5.41, 5.74) is 6.40. The summed E-state index contributed by atoms with van der Waals surface area (Å²) in [4.78, 5) is 20.9. The molecule has 1 aliphatic heterocycles. The Hall–Kier alpha value is -3.54. The SMILES string of the molecule is COC(=O)c1nnn(-c2nonc2N)c1CN1CCN(c2ccccn2)CC1. The van der Waals surface area contributed by atoms with Crippen LogP contribution in [0, 0.1) is 0 Å². The lowest BCUT2D eigenvalue weighted by molar-refractivity contribution is 0.0591. The van der Waals surface area contributed by atoms with E-state index in [0.29, 0.717) is 12.2 Å². The molecular formula is C16H19N9O3. The van der Waals surface area contributed by atoms with E-state index in [-0.39, 0.29) is 17.3 Å². The summed E-state index contributed by atoms with van der Waals surface area (Å²) in [6.45, 7) is 3.57. The molecular weight excluding hydrogens is 366 g/mol. The maximum atomic E-state index is 12.1. The molecule has 0 amide bonds. The van der Waals surface area contributed by atoms with Crippen molar-refractivity contribution in [2.75, 3.05) is 43.9 Å². The smallest absolute Gasteiger partial charge is 0.360 e. The second kappa shape index (κ2) is 7.60. The highest BCUT2D eigenvalue weighted by Crippen LogP contribution is 2.20. The van der Waals surface area contributed by atoms with E-state index >= 15 is 0 Å². The molecule has 3 aromatic rings. The number of nitrogens with two attached hydrogens (primary N) is 1. The lowest BCUT2D eigenvalue weighted by atomic mass is 10.2. The molecule has 0 unspecified atom stereocenters. The van der Waals surface area contributed by atoms with Crippen LogP contribution in [0.5, 0.6) is 0 Å². The first kappa shape index (κ1) is 17.9. The van der Waals surface area contributed by atoms with Gasteiger partial charge >= 0.3 is 5.97 Å². The van der Waals surface area contributed by atoms with Gasteiger partial charge in [-0.2, -0.15) is 4.68 Å². The quantitative estimate of drug-likeness (QED) is 0.580.